The molecule has 11 nitrogen and oxygen atoms in total. The number of aryl methyl sites for hydroxylation is 2. The summed E-state index contributed by atoms with van der Waals surface area (Å²) in [4.78, 5) is 34.0. The summed E-state index contributed by atoms with van der Waals surface area (Å²) in [5.41, 5.74) is 5.66. The molecule has 4 rings (SSSR count). The summed E-state index contributed by atoms with van der Waals surface area (Å²) in [6, 6.07) is 11.0. The zero-order valence-electron chi connectivity index (χ0n) is 20.6. The van der Waals surface area contributed by atoms with Gasteiger partial charge < -0.3 is 9.73 Å². The standard InChI is InChI=1S/C26H27N5O6/c1-3-4-6-17-9-11-18(12-10-17)27-26(32)25-16(2)24-21(7-5-8-23(24)37-25)29-28-20-14-13-19(30(33)34)15-22(20)31(35)36/h9-15,28H,3-8H2,1-2H3,(H,27,32)/b29-21+. The third-order valence-electron chi connectivity index (χ3n) is 6.26. The van der Waals surface area contributed by atoms with Crippen molar-refractivity contribution >= 4 is 34.4 Å². The van der Waals surface area contributed by atoms with Crippen LogP contribution < -0.4 is 10.7 Å². The van der Waals surface area contributed by atoms with Gasteiger partial charge in [-0.05, 0) is 56.4 Å². The summed E-state index contributed by atoms with van der Waals surface area (Å²) in [6.07, 6.45) is 5.15. The maximum Gasteiger partial charge on any atom is 0.301 e. The molecule has 37 heavy (non-hydrogen) atoms. The summed E-state index contributed by atoms with van der Waals surface area (Å²) in [7, 11) is 0. The number of carbonyl (C=O) groups excluding carboxylic acids is 1. The fraction of sp³-hybridized carbons (Fsp3) is 0.308. The lowest BCUT2D eigenvalue weighted by Crippen LogP contribution is -2.14. The quantitative estimate of drug-likeness (QED) is 0.261. The first-order chi connectivity index (χ1) is 17.8. The Morgan fingerprint density at radius 3 is 2.51 bits per heavy atom. The van der Waals surface area contributed by atoms with Crippen LogP contribution in [0, 0.1) is 27.2 Å². The lowest BCUT2D eigenvalue weighted by molar-refractivity contribution is -0.393. The Labute approximate surface area is 212 Å². The molecule has 0 radical (unpaired) electrons. The first-order valence-electron chi connectivity index (χ1n) is 12.1. The molecule has 11 heteroatoms. The molecule has 0 atom stereocenters. The molecular formula is C26H27N5O6. The average Bonchev–Trinajstić information content (AvgIpc) is 3.24. The van der Waals surface area contributed by atoms with E-state index in [0.29, 0.717) is 41.1 Å². The van der Waals surface area contributed by atoms with Crippen LogP contribution in [0.2, 0.25) is 0 Å². The molecular weight excluding hydrogens is 478 g/mol. The van der Waals surface area contributed by atoms with E-state index < -0.39 is 15.5 Å². The number of anilines is 2. The summed E-state index contributed by atoms with van der Waals surface area (Å²) in [5, 5.41) is 29.7. The average molecular weight is 506 g/mol. The van der Waals surface area contributed by atoms with Gasteiger partial charge in [-0.15, -0.1) is 0 Å². The van der Waals surface area contributed by atoms with Crippen molar-refractivity contribution in [2.75, 3.05) is 10.7 Å². The Hall–Kier alpha value is -4.54. The molecule has 0 unspecified atom stereocenters. The predicted octanol–water partition coefficient (Wildman–Crippen LogP) is 6.15. The number of benzene rings is 2. The van der Waals surface area contributed by atoms with Gasteiger partial charge in [0.05, 0.1) is 21.6 Å². The number of furan rings is 1. The molecule has 0 saturated heterocycles. The lowest BCUT2D eigenvalue weighted by Gasteiger charge is -2.13. The molecule has 1 aliphatic rings. The van der Waals surface area contributed by atoms with Crippen molar-refractivity contribution in [2.24, 2.45) is 5.10 Å². The Morgan fingerprint density at radius 2 is 1.84 bits per heavy atom. The molecule has 0 spiro atoms. The fourth-order valence-electron chi connectivity index (χ4n) is 4.33. The first kappa shape index (κ1) is 25.5. The van der Waals surface area contributed by atoms with Gasteiger partial charge in [0.15, 0.2) is 5.76 Å². The molecule has 1 heterocycles. The van der Waals surface area contributed by atoms with Gasteiger partial charge in [0.25, 0.3) is 11.6 Å². The second-order valence-electron chi connectivity index (χ2n) is 8.85. The topological polar surface area (TPSA) is 153 Å². The highest BCUT2D eigenvalue weighted by Crippen LogP contribution is 2.32. The number of nitro benzene ring substituents is 2. The fourth-order valence-corrected chi connectivity index (χ4v) is 4.33. The molecule has 2 aromatic carbocycles. The Balaban J connectivity index is 1.55. The minimum atomic E-state index is -0.705. The van der Waals surface area contributed by atoms with Gasteiger partial charge in [-0.2, -0.15) is 5.10 Å². The van der Waals surface area contributed by atoms with Crippen LogP contribution in [-0.4, -0.2) is 21.5 Å². The number of carbonyl (C=O) groups is 1. The molecule has 2 N–H and O–H groups in total. The molecule has 3 aromatic rings. The van der Waals surface area contributed by atoms with Crippen molar-refractivity contribution in [3.8, 4) is 0 Å². The molecule has 0 saturated carbocycles. The van der Waals surface area contributed by atoms with E-state index in [9.17, 15) is 25.0 Å². The van der Waals surface area contributed by atoms with Crippen molar-refractivity contribution < 1.29 is 19.1 Å². The van der Waals surface area contributed by atoms with Crippen LogP contribution in [0.1, 0.15) is 65.6 Å². The minimum absolute atomic E-state index is 0.0247. The molecule has 0 aliphatic heterocycles. The van der Waals surface area contributed by atoms with Crippen LogP contribution in [0.4, 0.5) is 22.7 Å². The number of hydrogen-bond donors (Lipinski definition) is 2. The van der Waals surface area contributed by atoms with Gasteiger partial charge in [-0.3, -0.25) is 30.4 Å². The number of rotatable bonds is 9. The number of fused-ring (bicyclic) bond motifs is 1. The third kappa shape index (κ3) is 5.66. The van der Waals surface area contributed by atoms with Gasteiger partial charge in [0.2, 0.25) is 0 Å². The number of hydrazone groups is 1. The highest BCUT2D eigenvalue weighted by Gasteiger charge is 2.28. The van der Waals surface area contributed by atoms with E-state index in [1.54, 1.807) is 6.92 Å². The van der Waals surface area contributed by atoms with Gasteiger partial charge in [0.1, 0.15) is 11.4 Å². The van der Waals surface area contributed by atoms with E-state index in [0.717, 1.165) is 31.7 Å². The van der Waals surface area contributed by atoms with E-state index in [4.69, 9.17) is 4.42 Å². The van der Waals surface area contributed by atoms with E-state index in [1.807, 2.05) is 24.3 Å². The molecule has 1 aromatic heterocycles. The zero-order chi connectivity index (χ0) is 26.5. The van der Waals surface area contributed by atoms with Crippen LogP contribution in [-0.2, 0) is 12.8 Å². The minimum Gasteiger partial charge on any atom is -0.455 e. The molecule has 1 amide bonds. The number of nitro groups is 2. The molecule has 1 aliphatic carbocycles. The number of hydrogen-bond acceptors (Lipinski definition) is 8. The van der Waals surface area contributed by atoms with Gasteiger partial charge >= 0.3 is 5.69 Å². The van der Waals surface area contributed by atoms with Crippen LogP contribution in [0.15, 0.2) is 52.0 Å². The van der Waals surface area contributed by atoms with Crippen molar-refractivity contribution in [1.29, 1.82) is 0 Å². The summed E-state index contributed by atoms with van der Waals surface area (Å²) in [6.45, 7) is 3.92. The Morgan fingerprint density at radius 1 is 1.08 bits per heavy atom. The lowest BCUT2D eigenvalue weighted by atomic mass is 9.93. The monoisotopic (exact) mass is 505 g/mol. The van der Waals surface area contributed by atoms with Crippen molar-refractivity contribution in [2.45, 2.75) is 52.4 Å². The van der Waals surface area contributed by atoms with E-state index in [-0.39, 0.29) is 23.0 Å². The Bertz CT molecular complexity index is 1380. The van der Waals surface area contributed by atoms with Crippen LogP contribution >= 0.6 is 0 Å². The second-order valence-corrected chi connectivity index (χ2v) is 8.85. The maximum absolute atomic E-state index is 13.0. The number of amides is 1. The number of non-ortho nitro benzene ring substituents is 1. The summed E-state index contributed by atoms with van der Waals surface area (Å²) < 4.78 is 5.93. The third-order valence-corrected chi connectivity index (χ3v) is 6.26. The highest BCUT2D eigenvalue weighted by atomic mass is 16.6. The number of nitrogens with one attached hydrogen (secondary N) is 2. The Kier molecular flexibility index (Phi) is 7.61. The zero-order valence-corrected chi connectivity index (χ0v) is 20.6. The SMILES string of the molecule is CCCCc1ccc(NC(=O)c2oc3c(c2C)/C(=N/Nc2ccc([N+](=O)[O-])cc2[N+](=O)[O-])CCC3)cc1. The van der Waals surface area contributed by atoms with Crippen LogP contribution in [0.5, 0.6) is 0 Å². The largest absolute Gasteiger partial charge is 0.455 e. The van der Waals surface area contributed by atoms with Gasteiger partial charge in [0, 0.05) is 29.3 Å². The maximum atomic E-state index is 13.0. The smallest absolute Gasteiger partial charge is 0.301 e. The molecule has 192 valence electrons. The van der Waals surface area contributed by atoms with E-state index in [1.165, 1.54) is 17.7 Å². The van der Waals surface area contributed by atoms with Crippen molar-refractivity contribution in [3.63, 3.8) is 0 Å². The molecule has 0 fully saturated rings. The first-order valence-corrected chi connectivity index (χ1v) is 12.1. The normalized spacial score (nSPS) is 13.7. The predicted molar refractivity (Wildman–Crippen MR) is 139 cm³/mol. The number of unbranched alkanes of at least 4 members (excludes halogenated alkanes) is 1. The highest BCUT2D eigenvalue weighted by molar-refractivity contribution is 6.09. The molecule has 0 bridgehead atoms. The van der Waals surface area contributed by atoms with E-state index >= 15 is 0 Å². The van der Waals surface area contributed by atoms with Gasteiger partial charge in [-0.1, -0.05) is 25.5 Å². The van der Waals surface area contributed by atoms with Crippen molar-refractivity contribution in [1.82, 2.24) is 0 Å². The van der Waals surface area contributed by atoms with Crippen LogP contribution in [0.25, 0.3) is 0 Å². The second kappa shape index (κ2) is 11.0. The van der Waals surface area contributed by atoms with Gasteiger partial charge in [-0.25, -0.2) is 0 Å². The van der Waals surface area contributed by atoms with Crippen molar-refractivity contribution in [3.05, 3.63) is 90.9 Å². The van der Waals surface area contributed by atoms with E-state index in [2.05, 4.69) is 22.8 Å². The number of nitrogens with zero attached hydrogens (tertiary/aromatic N) is 3. The summed E-state index contributed by atoms with van der Waals surface area (Å²) >= 11 is 0. The van der Waals surface area contributed by atoms with Crippen LogP contribution in [0.3, 0.4) is 0 Å². The summed E-state index contributed by atoms with van der Waals surface area (Å²) in [5.74, 6) is 0.449.